The summed E-state index contributed by atoms with van der Waals surface area (Å²) in [7, 11) is 0. The van der Waals surface area contributed by atoms with Crippen molar-refractivity contribution in [3.05, 3.63) is 67.6 Å². The molecule has 0 aliphatic carbocycles. The van der Waals surface area contributed by atoms with Gasteiger partial charge in [0.05, 0.1) is 22.9 Å². The Kier molecular flexibility index (Phi) is 11.6. The Morgan fingerprint density at radius 1 is 0.867 bits per heavy atom. The van der Waals surface area contributed by atoms with Crippen molar-refractivity contribution in [1.82, 2.24) is 0 Å². The summed E-state index contributed by atoms with van der Waals surface area (Å²) in [5.41, 5.74) is 0.928. The Morgan fingerprint density at radius 2 is 1.53 bits per heavy atom. The Morgan fingerprint density at radius 3 is 2.20 bits per heavy atom. The SMILES string of the molecule is ClC(Cl)=CCOc1cc(Cl)c(OCCCCCO/N=C/c2ccc(Cl)cc2)c(Cl)c1. The molecule has 0 aliphatic rings. The van der Waals surface area contributed by atoms with E-state index in [1.54, 1.807) is 30.5 Å². The first kappa shape index (κ1) is 25.0. The van der Waals surface area contributed by atoms with Gasteiger partial charge < -0.3 is 14.3 Å². The van der Waals surface area contributed by atoms with E-state index >= 15 is 0 Å². The summed E-state index contributed by atoms with van der Waals surface area (Å²) in [5.74, 6) is 0.930. The molecule has 2 aromatic carbocycles. The van der Waals surface area contributed by atoms with Crippen LogP contribution in [0.2, 0.25) is 15.1 Å². The van der Waals surface area contributed by atoms with Crippen LogP contribution in [0.5, 0.6) is 11.5 Å². The van der Waals surface area contributed by atoms with E-state index in [9.17, 15) is 0 Å². The van der Waals surface area contributed by atoms with Gasteiger partial charge in [-0.1, -0.05) is 75.3 Å². The third kappa shape index (κ3) is 9.67. The number of nitrogens with zero attached hydrogens (tertiary/aromatic N) is 1. The van der Waals surface area contributed by atoms with Crippen molar-refractivity contribution in [3.63, 3.8) is 0 Å². The minimum atomic E-state index is 0.130. The number of hydrogen-bond donors (Lipinski definition) is 0. The Hall–Kier alpha value is -1.30. The van der Waals surface area contributed by atoms with Crippen LogP contribution < -0.4 is 9.47 Å². The molecule has 9 heteroatoms. The van der Waals surface area contributed by atoms with Crippen molar-refractivity contribution in [2.24, 2.45) is 5.16 Å². The fourth-order valence-electron chi connectivity index (χ4n) is 2.28. The zero-order valence-corrected chi connectivity index (χ0v) is 19.7. The van der Waals surface area contributed by atoms with Crippen molar-refractivity contribution in [2.75, 3.05) is 19.8 Å². The number of ether oxygens (including phenoxy) is 2. The van der Waals surface area contributed by atoms with Gasteiger partial charge >= 0.3 is 0 Å². The molecular formula is C21H20Cl5NO3. The number of unbranched alkanes of at least 4 members (excludes halogenated alkanes) is 2. The number of benzene rings is 2. The monoisotopic (exact) mass is 509 g/mol. The van der Waals surface area contributed by atoms with E-state index < -0.39 is 0 Å². The van der Waals surface area contributed by atoms with Crippen molar-refractivity contribution in [3.8, 4) is 11.5 Å². The number of rotatable bonds is 12. The summed E-state index contributed by atoms with van der Waals surface area (Å²) in [5, 5.41) is 5.37. The number of halogens is 5. The molecule has 0 atom stereocenters. The summed E-state index contributed by atoms with van der Waals surface area (Å²) >= 11 is 29.4. The zero-order valence-electron chi connectivity index (χ0n) is 15.9. The smallest absolute Gasteiger partial charge is 0.156 e. The predicted octanol–water partition coefficient (Wildman–Crippen LogP) is 7.94. The van der Waals surface area contributed by atoms with Crippen LogP contribution >= 0.6 is 58.0 Å². The standard InChI is InChI=1S/C21H20Cl5NO3/c22-16-6-4-15(5-7-16)14-27-30-10-3-1-2-9-29-21-18(23)12-17(13-19(21)24)28-11-8-20(25)26/h4-8,12-14H,1-3,9-11H2/b27-14+. The lowest BCUT2D eigenvalue weighted by molar-refractivity contribution is 0.140. The van der Waals surface area contributed by atoms with Gasteiger partial charge in [-0.3, -0.25) is 0 Å². The van der Waals surface area contributed by atoms with Crippen LogP contribution in [0.4, 0.5) is 0 Å². The summed E-state index contributed by atoms with van der Waals surface area (Å²) < 4.78 is 11.3. The van der Waals surface area contributed by atoms with E-state index in [0.717, 1.165) is 24.8 Å². The van der Waals surface area contributed by atoms with Crippen molar-refractivity contribution in [1.29, 1.82) is 0 Å². The van der Waals surface area contributed by atoms with Crippen LogP contribution in [-0.4, -0.2) is 26.0 Å². The minimum absolute atomic E-state index is 0.130. The topological polar surface area (TPSA) is 40.0 Å². The first-order valence-corrected chi connectivity index (χ1v) is 11.0. The van der Waals surface area contributed by atoms with E-state index in [-0.39, 0.29) is 11.1 Å². The summed E-state index contributed by atoms with van der Waals surface area (Å²) in [6.45, 7) is 1.22. The van der Waals surface area contributed by atoms with Crippen molar-refractivity contribution >= 4 is 64.2 Å². The molecule has 30 heavy (non-hydrogen) atoms. The van der Waals surface area contributed by atoms with Gasteiger partial charge in [0.25, 0.3) is 0 Å². The molecule has 162 valence electrons. The zero-order chi connectivity index (χ0) is 21.8. The first-order valence-electron chi connectivity index (χ1n) is 9.12. The average Bonchev–Trinajstić information content (AvgIpc) is 2.69. The largest absolute Gasteiger partial charge is 0.490 e. The molecular weight excluding hydrogens is 492 g/mol. The molecule has 0 unspecified atom stereocenters. The predicted molar refractivity (Wildman–Crippen MR) is 126 cm³/mol. The van der Waals surface area contributed by atoms with Gasteiger partial charge in [-0.05, 0) is 43.0 Å². The highest BCUT2D eigenvalue weighted by Crippen LogP contribution is 2.37. The van der Waals surface area contributed by atoms with E-state index in [1.165, 1.54) is 6.08 Å². The Labute approximate surface area is 201 Å². The summed E-state index contributed by atoms with van der Waals surface area (Å²) in [6, 6.07) is 10.6. The van der Waals surface area contributed by atoms with E-state index in [4.69, 9.17) is 72.3 Å². The maximum atomic E-state index is 6.23. The molecule has 0 heterocycles. The van der Waals surface area contributed by atoms with Crippen LogP contribution in [0.1, 0.15) is 24.8 Å². The molecule has 0 saturated heterocycles. The molecule has 0 amide bonds. The van der Waals surface area contributed by atoms with Crippen molar-refractivity contribution in [2.45, 2.75) is 19.3 Å². The maximum Gasteiger partial charge on any atom is 0.156 e. The van der Waals surface area contributed by atoms with Gasteiger partial charge in [-0.25, -0.2) is 0 Å². The third-order valence-corrected chi connectivity index (χ3v) is 4.85. The van der Waals surface area contributed by atoms with Crippen molar-refractivity contribution < 1.29 is 14.3 Å². The molecule has 0 saturated carbocycles. The van der Waals surface area contributed by atoms with Gasteiger partial charge in [0.15, 0.2) is 5.75 Å². The molecule has 0 spiro atoms. The third-order valence-electron chi connectivity index (χ3n) is 3.73. The number of oxime groups is 1. The molecule has 2 rings (SSSR count). The molecule has 4 nitrogen and oxygen atoms in total. The molecule has 0 fully saturated rings. The highest BCUT2D eigenvalue weighted by Gasteiger charge is 2.10. The second kappa shape index (κ2) is 13.9. The van der Waals surface area contributed by atoms with Crippen LogP contribution in [0, 0.1) is 0 Å². The first-order chi connectivity index (χ1) is 14.5. The molecule has 0 radical (unpaired) electrons. The lowest BCUT2D eigenvalue weighted by Crippen LogP contribution is -2.00. The van der Waals surface area contributed by atoms with Gasteiger partial charge in [-0.2, -0.15) is 0 Å². The Balaban J connectivity index is 1.63. The van der Waals surface area contributed by atoms with Gasteiger partial charge in [0, 0.05) is 17.2 Å². The summed E-state index contributed by atoms with van der Waals surface area (Å²) in [6.07, 6.45) is 5.76. The van der Waals surface area contributed by atoms with Crippen LogP contribution in [0.3, 0.4) is 0 Å². The second-order valence-corrected chi connectivity index (χ2v) is 8.31. The number of hydrogen-bond acceptors (Lipinski definition) is 4. The van der Waals surface area contributed by atoms with E-state index in [2.05, 4.69) is 5.16 Å². The normalized spacial score (nSPS) is 10.8. The lowest BCUT2D eigenvalue weighted by atomic mass is 10.2. The highest BCUT2D eigenvalue weighted by molar-refractivity contribution is 6.55. The molecule has 0 N–H and O–H groups in total. The van der Waals surface area contributed by atoms with E-state index in [1.807, 2.05) is 12.1 Å². The van der Waals surface area contributed by atoms with Gasteiger partial charge in [0.1, 0.15) is 23.5 Å². The molecule has 0 aromatic heterocycles. The highest BCUT2D eigenvalue weighted by atomic mass is 35.5. The molecule has 2 aromatic rings. The fourth-order valence-corrected chi connectivity index (χ4v) is 3.11. The average molecular weight is 512 g/mol. The van der Waals surface area contributed by atoms with Crippen LogP contribution in [-0.2, 0) is 4.84 Å². The van der Waals surface area contributed by atoms with Crippen LogP contribution in [0.15, 0.2) is 52.1 Å². The minimum Gasteiger partial charge on any atom is -0.490 e. The lowest BCUT2D eigenvalue weighted by Gasteiger charge is -2.12. The fraction of sp³-hybridized carbons (Fsp3) is 0.286. The van der Waals surface area contributed by atoms with E-state index in [0.29, 0.717) is 39.8 Å². The van der Waals surface area contributed by atoms with Gasteiger partial charge in [-0.15, -0.1) is 0 Å². The second-order valence-electron chi connectivity index (χ2n) is 6.05. The quantitative estimate of drug-likeness (QED) is 0.165. The Bertz CT molecular complexity index is 829. The van der Waals surface area contributed by atoms with Crippen LogP contribution in [0.25, 0.3) is 0 Å². The molecule has 0 aliphatic heterocycles. The van der Waals surface area contributed by atoms with Gasteiger partial charge in [0.2, 0.25) is 0 Å². The summed E-state index contributed by atoms with van der Waals surface area (Å²) in [4.78, 5) is 5.25. The molecule has 0 bridgehead atoms. The maximum absolute atomic E-state index is 6.23.